The topological polar surface area (TPSA) is 29.5 Å². The number of nitrogens with zero attached hydrogens (tertiary/aromatic N) is 1. The van der Waals surface area contributed by atoms with E-state index in [1.54, 1.807) is 0 Å². The molecule has 0 atom stereocenters. The second kappa shape index (κ2) is 11.1. The van der Waals surface area contributed by atoms with Gasteiger partial charge in [-0.05, 0) is 92.6 Å². The van der Waals surface area contributed by atoms with Gasteiger partial charge < -0.3 is 13.7 Å². The van der Waals surface area contributed by atoms with Crippen molar-refractivity contribution in [2.75, 3.05) is 4.90 Å². The van der Waals surface area contributed by atoms with Crippen molar-refractivity contribution in [3.8, 4) is 11.1 Å². The third-order valence-corrected chi connectivity index (χ3v) is 11.9. The lowest BCUT2D eigenvalue weighted by molar-refractivity contribution is 0.559. The molecule has 1 aliphatic carbocycles. The summed E-state index contributed by atoms with van der Waals surface area (Å²) in [6, 6.07) is 46.7. The Morgan fingerprint density at radius 3 is 2.02 bits per heavy atom. The zero-order valence-electron chi connectivity index (χ0n) is 32.4. The maximum absolute atomic E-state index is 6.94. The molecule has 3 heteroatoms. The molecular formula is C51H45NO2. The first-order valence-electron chi connectivity index (χ1n) is 19.2. The largest absolute Gasteiger partial charge is 0.456 e. The van der Waals surface area contributed by atoms with Gasteiger partial charge in [0, 0.05) is 50.0 Å². The van der Waals surface area contributed by atoms with Crippen LogP contribution < -0.4 is 4.90 Å². The molecule has 2 heterocycles. The number of rotatable bonds is 3. The highest BCUT2D eigenvalue weighted by atomic mass is 16.3. The molecule has 0 radical (unpaired) electrons. The summed E-state index contributed by atoms with van der Waals surface area (Å²) in [5, 5.41) is 6.79. The minimum absolute atomic E-state index is 0.00685. The molecule has 1 aliphatic rings. The number of hydrogen-bond donors (Lipinski definition) is 0. The van der Waals surface area contributed by atoms with Crippen molar-refractivity contribution in [2.24, 2.45) is 0 Å². The highest BCUT2D eigenvalue weighted by molar-refractivity contribution is 6.20. The standard InChI is InChI=1S/C51H45NO2/c1-49(2,3)31-26-39-37-25-22-33(29-45(37)54-48(39)42(27-31)50(4,5)6)52(32-21-24-36-35-16-11-12-17-40(35)51(7,8)41(36)28-32)43-18-13-19-44-46(43)38-23-20-30-14-9-10-15-34(30)47(38)53-44/h9-29H,1-8H3. The highest BCUT2D eigenvalue weighted by Crippen LogP contribution is 2.52. The van der Waals surface area contributed by atoms with Crippen LogP contribution in [0.15, 0.2) is 136 Å². The molecule has 0 amide bonds. The normalized spacial score (nSPS) is 14.1. The van der Waals surface area contributed by atoms with E-state index in [1.165, 1.54) is 44.2 Å². The van der Waals surface area contributed by atoms with Gasteiger partial charge in [-0.3, -0.25) is 0 Å². The fraction of sp³-hybridized carbons (Fsp3) is 0.216. The maximum Gasteiger partial charge on any atom is 0.143 e. The summed E-state index contributed by atoms with van der Waals surface area (Å²) in [5.41, 5.74) is 14.5. The number of benzene rings is 7. The van der Waals surface area contributed by atoms with Crippen molar-refractivity contribution in [1.29, 1.82) is 0 Å². The van der Waals surface area contributed by atoms with Crippen LogP contribution in [-0.4, -0.2) is 0 Å². The summed E-state index contributed by atoms with van der Waals surface area (Å²) in [5.74, 6) is 0. The van der Waals surface area contributed by atoms with E-state index < -0.39 is 0 Å². The predicted molar refractivity (Wildman–Crippen MR) is 228 cm³/mol. The Morgan fingerprint density at radius 1 is 0.500 bits per heavy atom. The van der Waals surface area contributed by atoms with Crippen molar-refractivity contribution < 1.29 is 8.83 Å². The molecule has 0 spiro atoms. The fourth-order valence-corrected chi connectivity index (χ4v) is 8.98. The fourth-order valence-electron chi connectivity index (χ4n) is 8.98. The molecule has 9 aromatic rings. The van der Waals surface area contributed by atoms with Crippen LogP contribution in [-0.2, 0) is 16.2 Å². The van der Waals surface area contributed by atoms with Crippen LogP contribution in [0.3, 0.4) is 0 Å². The number of furan rings is 2. The molecule has 0 saturated heterocycles. The average molecular weight is 704 g/mol. The van der Waals surface area contributed by atoms with E-state index in [4.69, 9.17) is 8.83 Å². The van der Waals surface area contributed by atoms with Crippen LogP contribution in [0.25, 0.3) is 65.8 Å². The Balaban J connectivity index is 1.25. The second-order valence-corrected chi connectivity index (χ2v) is 17.8. The summed E-state index contributed by atoms with van der Waals surface area (Å²) in [4.78, 5) is 2.41. The zero-order valence-corrected chi connectivity index (χ0v) is 32.4. The Morgan fingerprint density at radius 2 is 1.20 bits per heavy atom. The minimum atomic E-state index is -0.141. The summed E-state index contributed by atoms with van der Waals surface area (Å²) < 4.78 is 13.7. The Kier molecular flexibility index (Phi) is 6.76. The monoisotopic (exact) mass is 703 g/mol. The van der Waals surface area contributed by atoms with Gasteiger partial charge in [0.1, 0.15) is 22.3 Å². The van der Waals surface area contributed by atoms with E-state index in [1.807, 2.05) is 0 Å². The van der Waals surface area contributed by atoms with Gasteiger partial charge in [0.25, 0.3) is 0 Å². The minimum Gasteiger partial charge on any atom is -0.456 e. The molecule has 7 aromatic carbocycles. The SMILES string of the molecule is CC(C)(C)c1cc(C(C)(C)C)c2oc3cc(N(c4ccc5c(c4)C(C)(C)c4ccccc4-5)c4cccc5oc6c7ccccc7ccc6c45)ccc3c2c1. The molecular weight excluding hydrogens is 659 g/mol. The molecule has 2 aromatic heterocycles. The molecule has 10 rings (SSSR count). The van der Waals surface area contributed by atoms with Gasteiger partial charge in [0.15, 0.2) is 0 Å². The van der Waals surface area contributed by atoms with Crippen LogP contribution in [0.1, 0.15) is 77.6 Å². The van der Waals surface area contributed by atoms with Gasteiger partial charge in [-0.25, -0.2) is 0 Å². The lowest BCUT2D eigenvalue weighted by atomic mass is 9.79. The summed E-state index contributed by atoms with van der Waals surface area (Å²) >= 11 is 0. The summed E-state index contributed by atoms with van der Waals surface area (Å²) in [6.45, 7) is 18.4. The predicted octanol–water partition coefficient (Wildman–Crippen LogP) is 15.0. The van der Waals surface area contributed by atoms with E-state index in [2.05, 4.69) is 188 Å². The second-order valence-electron chi connectivity index (χ2n) is 17.8. The van der Waals surface area contributed by atoms with Gasteiger partial charge in [-0.15, -0.1) is 0 Å². The average Bonchev–Trinajstić information content (AvgIpc) is 3.79. The Labute approximate surface area is 316 Å². The van der Waals surface area contributed by atoms with E-state index in [9.17, 15) is 0 Å². The quantitative estimate of drug-likeness (QED) is 0.183. The lowest BCUT2D eigenvalue weighted by Crippen LogP contribution is -2.16. The van der Waals surface area contributed by atoms with Crippen molar-refractivity contribution in [3.05, 3.63) is 150 Å². The first-order valence-corrected chi connectivity index (χ1v) is 19.2. The third-order valence-electron chi connectivity index (χ3n) is 11.9. The van der Waals surface area contributed by atoms with E-state index in [-0.39, 0.29) is 16.2 Å². The first kappa shape index (κ1) is 32.8. The summed E-state index contributed by atoms with van der Waals surface area (Å²) in [6.07, 6.45) is 0. The van der Waals surface area contributed by atoms with E-state index >= 15 is 0 Å². The molecule has 266 valence electrons. The van der Waals surface area contributed by atoms with Gasteiger partial charge in [-0.2, -0.15) is 0 Å². The molecule has 0 bridgehead atoms. The van der Waals surface area contributed by atoms with E-state index in [0.717, 1.165) is 60.9 Å². The van der Waals surface area contributed by atoms with Crippen molar-refractivity contribution in [2.45, 2.75) is 71.6 Å². The Bertz CT molecular complexity index is 2990. The molecule has 0 unspecified atom stereocenters. The summed E-state index contributed by atoms with van der Waals surface area (Å²) in [7, 11) is 0. The first-order chi connectivity index (χ1) is 25.8. The molecule has 3 nitrogen and oxygen atoms in total. The van der Waals surface area contributed by atoms with Gasteiger partial charge in [0.05, 0.1) is 11.1 Å². The highest BCUT2D eigenvalue weighted by Gasteiger charge is 2.36. The van der Waals surface area contributed by atoms with Crippen molar-refractivity contribution in [3.63, 3.8) is 0 Å². The molecule has 0 aliphatic heterocycles. The van der Waals surface area contributed by atoms with Crippen LogP contribution in [0.5, 0.6) is 0 Å². The van der Waals surface area contributed by atoms with Crippen LogP contribution in [0.2, 0.25) is 0 Å². The lowest BCUT2D eigenvalue weighted by Gasteiger charge is -2.28. The Hall–Kier alpha value is -5.80. The zero-order chi connectivity index (χ0) is 37.3. The van der Waals surface area contributed by atoms with Gasteiger partial charge >= 0.3 is 0 Å². The van der Waals surface area contributed by atoms with Crippen molar-refractivity contribution in [1.82, 2.24) is 0 Å². The number of hydrogen-bond acceptors (Lipinski definition) is 3. The number of anilines is 3. The molecule has 0 N–H and O–H groups in total. The molecule has 0 saturated carbocycles. The van der Waals surface area contributed by atoms with Crippen LogP contribution in [0, 0.1) is 0 Å². The smallest absolute Gasteiger partial charge is 0.143 e. The van der Waals surface area contributed by atoms with Gasteiger partial charge in [0.2, 0.25) is 0 Å². The van der Waals surface area contributed by atoms with Crippen LogP contribution in [0.4, 0.5) is 17.1 Å². The number of fused-ring (bicyclic) bond motifs is 11. The van der Waals surface area contributed by atoms with Gasteiger partial charge in [-0.1, -0.05) is 128 Å². The van der Waals surface area contributed by atoms with E-state index in [0.29, 0.717) is 0 Å². The van der Waals surface area contributed by atoms with Crippen molar-refractivity contribution >= 4 is 71.7 Å². The molecule has 0 fully saturated rings. The third kappa shape index (κ3) is 4.73. The maximum atomic E-state index is 6.94. The van der Waals surface area contributed by atoms with Crippen LogP contribution >= 0.6 is 0 Å². The molecule has 54 heavy (non-hydrogen) atoms.